The zero-order valence-corrected chi connectivity index (χ0v) is 8.54. The van der Waals surface area contributed by atoms with E-state index in [-0.39, 0.29) is 24.0 Å². The van der Waals surface area contributed by atoms with Crippen LogP contribution in [0.4, 0.5) is 8.78 Å². The number of carbonyl (C=O) groups is 1. The summed E-state index contributed by atoms with van der Waals surface area (Å²) in [5.41, 5.74) is 6.75. The molecule has 2 aliphatic carbocycles. The van der Waals surface area contributed by atoms with Crippen LogP contribution < -0.4 is 5.73 Å². The molecule has 0 aliphatic heterocycles. The van der Waals surface area contributed by atoms with Gasteiger partial charge in [-0.05, 0) is 35.4 Å². The summed E-state index contributed by atoms with van der Waals surface area (Å²) >= 11 is 0. The Labute approximate surface area is 91.4 Å². The van der Waals surface area contributed by atoms with Gasteiger partial charge >= 0.3 is 0 Å². The van der Waals surface area contributed by atoms with Crippen molar-refractivity contribution in [3.8, 4) is 0 Å². The Balaban J connectivity index is 2.15. The van der Waals surface area contributed by atoms with Gasteiger partial charge < -0.3 is 5.73 Å². The first-order chi connectivity index (χ1) is 7.58. The highest BCUT2D eigenvalue weighted by molar-refractivity contribution is 5.88. The molecule has 1 saturated carbocycles. The van der Waals surface area contributed by atoms with Crippen LogP contribution in [-0.4, -0.2) is 11.8 Å². The SMILES string of the molecule is N[C@@H]1C(=O)Cc2c(F)cc(F)cc2[C@@H]2C[C@H]12. The van der Waals surface area contributed by atoms with Gasteiger partial charge in [0.2, 0.25) is 0 Å². The number of Topliss-reactive ketones (excluding diaryl/α,β-unsaturated/α-hetero) is 1. The Bertz CT molecular complexity index is 486. The van der Waals surface area contributed by atoms with Crippen molar-refractivity contribution in [2.75, 3.05) is 0 Å². The third-order valence-corrected chi connectivity index (χ3v) is 3.62. The lowest BCUT2D eigenvalue weighted by atomic mass is 9.99. The third kappa shape index (κ3) is 1.29. The minimum Gasteiger partial charge on any atom is -0.321 e. The summed E-state index contributed by atoms with van der Waals surface area (Å²) in [6.45, 7) is 0. The van der Waals surface area contributed by atoms with Gasteiger partial charge in [0.1, 0.15) is 11.6 Å². The maximum Gasteiger partial charge on any atom is 0.154 e. The van der Waals surface area contributed by atoms with E-state index in [0.29, 0.717) is 11.1 Å². The van der Waals surface area contributed by atoms with Gasteiger partial charge in [0, 0.05) is 12.5 Å². The van der Waals surface area contributed by atoms with Crippen molar-refractivity contribution in [3.05, 3.63) is 34.9 Å². The standard InChI is InChI=1S/C12H11F2NO/c13-5-1-6-7-3-9(7)12(15)11(16)4-8(6)10(14)2-5/h1-2,7,9,12H,3-4,15H2/t7-,9-,12-/m0/s1. The van der Waals surface area contributed by atoms with Crippen molar-refractivity contribution in [2.45, 2.75) is 24.8 Å². The molecule has 0 saturated heterocycles. The van der Waals surface area contributed by atoms with Crippen molar-refractivity contribution in [1.82, 2.24) is 0 Å². The van der Waals surface area contributed by atoms with E-state index >= 15 is 0 Å². The van der Waals surface area contributed by atoms with Crippen LogP contribution in [0.2, 0.25) is 0 Å². The van der Waals surface area contributed by atoms with E-state index in [9.17, 15) is 13.6 Å². The van der Waals surface area contributed by atoms with Crippen LogP contribution in [-0.2, 0) is 11.2 Å². The van der Waals surface area contributed by atoms with Gasteiger partial charge in [-0.25, -0.2) is 8.78 Å². The Morgan fingerprint density at radius 1 is 1.31 bits per heavy atom. The molecule has 1 aromatic rings. The van der Waals surface area contributed by atoms with Crippen molar-refractivity contribution in [3.63, 3.8) is 0 Å². The topological polar surface area (TPSA) is 43.1 Å². The van der Waals surface area contributed by atoms with Crippen LogP contribution in [0.5, 0.6) is 0 Å². The summed E-state index contributed by atoms with van der Waals surface area (Å²) < 4.78 is 26.7. The number of hydrogen-bond acceptors (Lipinski definition) is 2. The first-order valence-electron chi connectivity index (χ1n) is 5.34. The number of hydrogen-bond donors (Lipinski definition) is 1. The molecule has 0 unspecified atom stereocenters. The summed E-state index contributed by atoms with van der Waals surface area (Å²) in [7, 11) is 0. The number of halogens is 2. The van der Waals surface area contributed by atoms with Crippen molar-refractivity contribution < 1.29 is 13.6 Å². The molecule has 3 atom stereocenters. The van der Waals surface area contributed by atoms with E-state index in [4.69, 9.17) is 5.73 Å². The molecule has 1 fully saturated rings. The lowest BCUT2D eigenvalue weighted by Crippen LogP contribution is -2.33. The van der Waals surface area contributed by atoms with Crippen molar-refractivity contribution in [1.29, 1.82) is 0 Å². The zero-order chi connectivity index (χ0) is 11.4. The van der Waals surface area contributed by atoms with Crippen LogP contribution in [0.15, 0.2) is 12.1 Å². The monoisotopic (exact) mass is 223 g/mol. The summed E-state index contributed by atoms with van der Waals surface area (Å²) in [4.78, 5) is 11.7. The highest BCUT2D eigenvalue weighted by Gasteiger charge is 2.48. The smallest absolute Gasteiger partial charge is 0.154 e. The van der Waals surface area contributed by atoms with E-state index in [1.54, 1.807) is 0 Å². The molecule has 2 nitrogen and oxygen atoms in total. The average molecular weight is 223 g/mol. The summed E-state index contributed by atoms with van der Waals surface area (Å²) in [5.74, 6) is -1.19. The molecule has 84 valence electrons. The second-order valence-electron chi connectivity index (χ2n) is 4.63. The molecule has 0 spiro atoms. The number of fused-ring (bicyclic) bond motifs is 3. The average Bonchev–Trinajstić information content (AvgIpc) is 2.99. The first kappa shape index (κ1) is 9.90. The second-order valence-corrected chi connectivity index (χ2v) is 4.63. The molecule has 1 aromatic carbocycles. The minimum absolute atomic E-state index is 0.00435. The highest BCUT2D eigenvalue weighted by atomic mass is 19.1. The van der Waals surface area contributed by atoms with Crippen molar-refractivity contribution >= 4 is 5.78 Å². The summed E-state index contributed by atoms with van der Waals surface area (Å²) in [6.07, 6.45) is 0.762. The predicted octanol–water partition coefficient (Wildman–Crippen LogP) is 1.52. The van der Waals surface area contributed by atoms with Gasteiger partial charge in [-0.1, -0.05) is 0 Å². The van der Waals surface area contributed by atoms with Crippen LogP contribution in [0.1, 0.15) is 23.5 Å². The molecule has 16 heavy (non-hydrogen) atoms. The predicted molar refractivity (Wildman–Crippen MR) is 53.9 cm³/mol. The molecule has 2 N–H and O–H groups in total. The largest absolute Gasteiger partial charge is 0.321 e. The van der Waals surface area contributed by atoms with Gasteiger partial charge in [-0.2, -0.15) is 0 Å². The molecular weight excluding hydrogens is 212 g/mol. The molecule has 0 aromatic heterocycles. The lowest BCUT2D eigenvalue weighted by molar-refractivity contribution is -0.120. The van der Waals surface area contributed by atoms with Gasteiger partial charge in [0.15, 0.2) is 5.78 Å². The first-order valence-corrected chi connectivity index (χ1v) is 5.34. The molecule has 0 heterocycles. The summed E-state index contributed by atoms with van der Waals surface area (Å²) in [6, 6.07) is 1.66. The Kier molecular flexibility index (Phi) is 1.92. The fraction of sp³-hybridized carbons (Fsp3) is 0.417. The minimum atomic E-state index is -0.622. The number of ketones is 1. The number of nitrogens with two attached hydrogens (primary N) is 1. The maximum absolute atomic E-state index is 13.6. The Morgan fingerprint density at radius 2 is 2.06 bits per heavy atom. The normalized spacial score (nSPS) is 31.7. The van der Waals surface area contributed by atoms with Crippen LogP contribution >= 0.6 is 0 Å². The molecule has 3 rings (SSSR count). The lowest BCUT2D eigenvalue weighted by Gasteiger charge is -2.08. The highest BCUT2D eigenvalue weighted by Crippen LogP contribution is 2.52. The van der Waals surface area contributed by atoms with Crippen LogP contribution in [0, 0.1) is 17.6 Å². The zero-order valence-electron chi connectivity index (χ0n) is 8.54. The van der Waals surface area contributed by atoms with Crippen LogP contribution in [0.25, 0.3) is 0 Å². The molecule has 0 bridgehead atoms. The van der Waals surface area contributed by atoms with E-state index in [0.717, 1.165) is 12.5 Å². The van der Waals surface area contributed by atoms with Gasteiger partial charge in [-0.15, -0.1) is 0 Å². The third-order valence-electron chi connectivity index (χ3n) is 3.62. The molecule has 0 amide bonds. The van der Waals surface area contributed by atoms with E-state index in [1.807, 2.05) is 0 Å². The maximum atomic E-state index is 13.6. The van der Waals surface area contributed by atoms with E-state index < -0.39 is 17.7 Å². The molecule has 4 heteroatoms. The fourth-order valence-corrected chi connectivity index (χ4v) is 2.64. The van der Waals surface area contributed by atoms with Gasteiger partial charge in [0.25, 0.3) is 0 Å². The quantitative estimate of drug-likeness (QED) is 0.724. The fourth-order valence-electron chi connectivity index (χ4n) is 2.64. The second kappa shape index (κ2) is 3.10. The molecular formula is C12H11F2NO. The van der Waals surface area contributed by atoms with Gasteiger partial charge in [-0.3, -0.25) is 4.79 Å². The molecule has 2 aliphatic rings. The van der Waals surface area contributed by atoms with Crippen LogP contribution in [0.3, 0.4) is 0 Å². The number of carbonyl (C=O) groups excluding carboxylic acids is 1. The number of benzene rings is 1. The van der Waals surface area contributed by atoms with E-state index in [2.05, 4.69) is 0 Å². The van der Waals surface area contributed by atoms with Gasteiger partial charge in [0.05, 0.1) is 6.04 Å². The van der Waals surface area contributed by atoms with E-state index in [1.165, 1.54) is 6.07 Å². The molecule has 0 radical (unpaired) electrons. The Hall–Kier alpha value is -1.29. The Morgan fingerprint density at radius 3 is 2.81 bits per heavy atom. The number of rotatable bonds is 0. The van der Waals surface area contributed by atoms with Crippen molar-refractivity contribution in [2.24, 2.45) is 11.7 Å². The summed E-state index contributed by atoms with van der Waals surface area (Å²) in [5, 5.41) is 0.